The Morgan fingerprint density at radius 1 is 1.21 bits per heavy atom. The van der Waals surface area contributed by atoms with Crippen molar-refractivity contribution < 1.29 is 4.79 Å². The van der Waals surface area contributed by atoms with Crippen molar-refractivity contribution in [3.8, 4) is 17.3 Å². The van der Waals surface area contributed by atoms with E-state index in [4.69, 9.17) is 0 Å². The van der Waals surface area contributed by atoms with Gasteiger partial charge < -0.3 is 5.32 Å². The average Bonchev–Trinajstić information content (AvgIpc) is 3.04. The second-order valence-corrected chi connectivity index (χ2v) is 5.30. The smallest absolute Gasteiger partial charge is 0.221 e. The summed E-state index contributed by atoms with van der Waals surface area (Å²) in [4.78, 5) is 11.1. The van der Waals surface area contributed by atoms with Gasteiger partial charge >= 0.3 is 0 Å². The predicted molar refractivity (Wildman–Crippen MR) is 90.0 cm³/mol. The Bertz CT molecular complexity index is 906. The number of nitriles is 1. The molecule has 0 saturated heterocycles. The minimum atomic E-state index is -0.109. The zero-order valence-electron chi connectivity index (χ0n) is 13.1. The van der Waals surface area contributed by atoms with E-state index in [0.717, 1.165) is 22.5 Å². The highest BCUT2D eigenvalue weighted by Crippen LogP contribution is 2.22. The van der Waals surface area contributed by atoms with Crippen molar-refractivity contribution in [1.29, 1.82) is 5.26 Å². The van der Waals surface area contributed by atoms with Crippen molar-refractivity contribution in [2.45, 2.75) is 13.5 Å². The van der Waals surface area contributed by atoms with Gasteiger partial charge in [0, 0.05) is 18.2 Å². The summed E-state index contributed by atoms with van der Waals surface area (Å²) in [5.74, 6) is -0.109. The lowest BCUT2D eigenvalue weighted by atomic mass is 10.1. The van der Waals surface area contributed by atoms with Crippen molar-refractivity contribution in [2.75, 3.05) is 5.32 Å². The SMILES string of the molecule is CC(=O)Nc1ccc(-c2cnnn2Cc2ccccc2C#N)cc1. The predicted octanol–water partition coefficient (Wildman–Crippen LogP) is 2.82. The number of amides is 1. The van der Waals surface area contributed by atoms with Gasteiger partial charge in [-0.1, -0.05) is 35.5 Å². The number of nitrogens with zero attached hydrogens (tertiary/aromatic N) is 4. The van der Waals surface area contributed by atoms with Crippen molar-refractivity contribution >= 4 is 11.6 Å². The third-order valence-corrected chi connectivity index (χ3v) is 3.58. The standard InChI is InChI=1S/C18H15N5O/c1-13(24)21-17-8-6-14(7-9-17)18-11-20-22-23(18)12-16-5-3-2-4-15(16)10-19/h2-9,11H,12H2,1H3,(H,21,24). The van der Waals surface area contributed by atoms with E-state index in [1.807, 2.05) is 42.5 Å². The molecular weight excluding hydrogens is 302 g/mol. The molecule has 6 heteroatoms. The molecule has 3 aromatic rings. The molecule has 0 aliphatic carbocycles. The van der Waals surface area contributed by atoms with Crippen molar-refractivity contribution in [2.24, 2.45) is 0 Å². The summed E-state index contributed by atoms with van der Waals surface area (Å²) in [6, 6.07) is 17.1. The first-order valence-corrected chi connectivity index (χ1v) is 7.42. The van der Waals surface area contributed by atoms with E-state index in [-0.39, 0.29) is 5.91 Å². The van der Waals surface area contributed by atoms with Crippen LogP contribution in [-0.2, 0) is 11.3 Å². The molecule has 0 aliphatic heterocycles. The Balaban J connectivity index is 1.88. The molecule has 24 heavy (non-hydrogen) atoms. The van der Waals surface area contributed by atoms with Crippen LogP contribution in [0.1, 0.15) is 18.1 Å². The summed E-state index contributed by atoms with van der Waals surface area (Å²) < 4.78 is 1.75. The minimum absolute atomic E-state index is 0.109. The van der Waals surface area contributed by atoms with Gasteiger partial charge in [-0.15, -0.1) is 5.10 Å². The number of rotatable bonds is 4. The molecule has 0 saturated carbocycles. The zero-order valence-corrected chi connectivity index (χ0v) is 13.1. The molecule has 1 amide bonds. The summed E-state index contributed by atoms with van der Waals surface area (Å²) in [7, 11) is 0. The van der Waals surface area contributed by atoms with Gasteiger partial charge in [0.2, 0.25) is 5.91 Å². The monoisotopic (exact) mass is 317 g/mol. The first kappa shape index (κ1) is 15.4. The van der Waals surface area contributed by atoms with E-state index in [1.165, 1.54) is 6.92 Å². The highest BCUT2D eigenvalue weighted by atomic mass is 16.1. The molecule has 0 fully saturated rings. The van der Waals surface area contributed by atoms with Crippen LogP contribution in [0.2, 0.25) is 0 Å². The van der Waals surface area contributed by atoms with Gasteiger partial charge in [0.1, 0.15) is 0 Å². The van der Waals surface area contributed by atoms with E-state index < -0.39 is 0 Å². The number of carbonyl (C=O) groups is 1. The number of hydrogen-bond acceptors (Lipinski definition) is 4. The van der Waals surface area contributed by atoms with Crippen LogP contribution in [0, 0.1) is 11.3 Å². The van der Waals surface area contributed by atoms with E-state index in [1.54, 1.807) is 16.9 Å². The van der Waals surface area contributed by atoms with Crippen molar-refractivity contribution in [1.82, 2.24) is 15.0 Å². The molecule has 0 radical (unpaired) electrons. The Kier molecular flexibility index (Phi) is 4.34. The zero-order chi connectivity index (χ0) is 16.9. The van der Waals surface area contributed by atoms with Gasteiger partial charge in [0.25, 0.3) is 0 Å². The van der Waals surface area contributed by atoms with Crippen LogP contribution >= 0.6 is 0 Å². The van der Waals surface area contributed by atoms with Gasteiger partial charge in [0.15, 0.2) is 0 Å². The first-order valence-electron chi connectivity index (χ1n) is 7.42. The van der Waals surface area contributed by atoms with Crippen LogP contribution in [0.3, 0.4) is 0 Å². The van der Waals surface area contributed by atoms with E-state index in [0.29, 0.717) is 12.1 Å². The molecular formula is C18H15N5O. The second kappa shape index (κ2) is 6.75. The summed E-state index contributed by atoms with van der Waals surface area (Å²) in [6.07, 6.45) is 1.68. The Labute approximate surface area is 139 Å². The molecule has 1 aromatic heterocycles. The van der Waals surface area contributed by atoms with E-state index in [9.17, 15) is 10.1 Å². The Hall–Kier alpha value is -3.46. The fourth-order valence-corrected chi connectivity index (χ4v) is 2.45. The molecule has 0 aliphatic rings. The quantitative estimate of drug-likeness (QED) is 0.802. The molecule has 0 spiro atoms. The highest BCUT2D eigenvalue weighted by Gasteiger charge is 2.09. The number of anilines is 1. The summed E-state index contributed by atoms with van der Waals surface area (Å²) in [5, 5.41) is 20.0. The number of carbonyl (C=O) groups excluding carboxylic acids is 1. The maximum atomic E-state index is 11.1. The van der Waals surface area contributed by atoms with Crippen LogP contribution in [0.15, 0.2) is 54.7 Å². The largest absolute Gasteiger partial charge is 0.326 e. The third kappa shape index (κ3) is 3.31. The average molecular weight is 317 g/mol. The fourth-order valence-electron chi connectivity index (χ4n) is 2.45. The van der Waals surface area contributed by atoms with Crippen LogP contribution in [-0.4, -0.2) is 20.9 Å². The summed E-state index contributed by atoms with van der Waals surface area (Å²) >= 11 is 0. The third-order valence-electron chi connectivity index (χ3n) is 3.58. The molecule has 6 nitrogen and oxygen atoms in total. The lowest BCUT2D eigenvalue weighted by molar-refractivity contribution is -0.114. The van der Waals surface area contributed by atoms with Crippen molar-refractivity contribution in [3.05, 3.63) is 65.9 Å². The minimum Gasteiger partial charge on any atom is -0.326 e. The van der Waals surface area contributed by atoms with E-state index >= 15 is 0 Å². The number of hydrogen-bond donors (Lipinski definition) is 1. The molecule has 0 atom stereocenters. The van der Waals surface area contributed by atoms with Crippen LogP contribution in [0.4, 0.5) is 5.69 Å². The molecule has 2 aromatic carbocycles. The Morgan fingerprint density at radius 2 is 1.96 bits per heavy atom. The van der Waals surface area contributed by atoms with Gasteiger partial charge in [-0.05, 0) is 23.8 Å². The van der Waals surface area contributed by atoms with E-state index in [2.05, 4.69) is 21.7 Å². The maximum Gasteiger partial charge on any atom is 0.221 e. The lowest BCUT2D eigenvalue weighted by Crippen LogP contribution is -2.06. The number of aromatic nitrogens is 3. The normalized spacial score (nSPS) is 10.2. The maximum absolute atomic E-state index is 11.1. The Morgan fingerprint density at radius 3 is 2.67 bits per heavy atom. The molecule has 118 valence electrons. The number of benzene rings is 2. The molecule has 0 bridgehead atoms. The van der Waals surface area contributed by atoms with Gasteiger partial charge in [-0.2, -0.15) is 5.26 Å². The highest BCUT2D eigenvalue weighted by molar-refractivity contribution is 5.88. The molecule has 0 unspecified atom stereocenters. The number of nitrogens with one attached hydrogen (secondary N) is 1. The van der Waals surface area contributed by atoms with Crippen LogP contribution < -0.4 is 5.32 Å². The summed E-state index contributed by atoms with van der Waals surface area (Å²) in [5.41, 5.74) is 4.03. The summed E-state index contributed by atoms with van der Waals surface area (Å²) in [6.45, 7) is 1.94. The topological polar surface area (TPSA) is 83.6 Å². The van der Waals surface area contributed by atoms with Crippen LogP contribution in [0.25, 0.3) is 11.3 Å². The van der Waals surface area contributed by atoms with Gasteiger partial charge in [-0.25, -0.2) is 4.68 Å². The molecule has 1 N–H and O–H groups in total. The van der Waals surface area contributed by atoms with Gasteiger partial charge in [-0.3, -0.25) is 4.79 Å². The fraction of sp³-hybridized carbons (Fsp3) is 0.111. The van der Waals surface area contributed by atoms with Gasteiger partial charge in [0.05, 0.1) is 30.1 Å². The van der Waals surface area contributed by atoms with Crippen molar-refractivity contribution in [3.63, 3.8) is 0 Å². The lowest BCUT2D eigenvalue weighted by Gasteiger charge is -2.09. The molecule has 3 rings (SSSR count). The first-order chi connectivity index (χ1) is 11.7. The van der Waals surface area contributed by atoms with Crippen LogP contribution in [0.5, 0.6) is 0 Å². The second-order valence-electron chi connectivity index (χ2n) is 5.30. The molecule has 1 heterocycles.